The monoisotopic (exact) mass is 515 g/mol. The normalized spacial score (nSPS) is 14.2. The topological polar surface area (TPSA) is 222 Å². The Morgan fingerprint density at radius 2 is 1.59 bits per heavy atom. The minimum absolute atomic E-state index is 0.0187. The van der Waals surface area contributed by atoms with Crippen molar-refractivity contribution in [3.05, 3.63) is 54.1 Å². The zero-order chi connectivity index (χ0) is 27.5. The zero-order valence-corrected chi connectivity index (χ0v) is 20.6. The van der Waals surface area contributed by atoms with Crippen LogP contribution in [0.2, 0.25) is 0 Å². The van der Waals surface area contributed by atoms with Gasteiger partial charge in [0.15, 0.2) is 0 Å². The van der Waals surface area contributed by atoms with Crippen molar-refractivity contribution in [2.75, 3.05) is 0 Å². The number of hydrogen-bond acceptors (Lipinski definition) is 7. The van der Waals surface area contributed by atoms with E-state index in [0.29, 0.717) is 11.3 Å². The Balaban J connectivity index is 2.19. The van der Waals surface area contributed by atoms with Crippen molar-refractivity contribution in [3.63, 3.8) is 0 Å². The molecule has 9 N–H and O–H groups in total. The number of aromatic amines is 1. The van der Waals surface area contributed by atoms with Gasteiger partial charge in [0.05, 0.1) is 18.8 Å². The van der Waals surface area contributed by atoms with Gasteiger partial charge < -0.3 is 37.5 Å². The van der Waals surface area contributed by atoms with E-state index < -0.39 is 66.1 Å². The number of rotatable bonds is 14. The summed E-state index contributed by atoms with van der Waals surface area (Å²) in [5.41, 5.74) is 12.0. The van der Waals surface area contributed by atoms with Crippen LogP contribution in [0.4, 0.5) is 0 Å². The van der Waals surface area contributed by atoms with Gasteiger partial charge in [-0.05, 0) is 11.5 Å². The second-order valence-electron chi connectivity index (χ2n) is 8.94. The van der Waals surface area contributed by atoms with Crippen molar-refractivity contribution in [1.29, 1.82) is 0 Å². The number of nitrogens with two attached hydrogens (primary N) is 2. The van der Waals surface area contributed by atoms with Crippen LogP contribution in [-0.4, -0.2) is 68.8 Å². The summed E-state index contributed by atoms with van der Waals surface area (Å²) in [7, 11) is 0. The van der Waals surface area contributed by atoms with Crippen LogP contribution in [0.25, 0.3) is 0 Å². The SMILES string of the molecule is CC(C)C(NC(=O)C(N)CC(N)=O)C(=O)NC(Cc1cnc[nH]1)C(=O)NC(Cc1ccccc1)C(=O)O. The fourth-order valence-corrected chi connectivity index (χ4v) is 3.51. The van der Waals surface area contributed by atoms with Crippen molar-refractivity contribution >= 4 is 29.6 Å². The average Bonchev–Trinajstić information content (AvgIpc) is 3.34. The highest BCUT2D eigenvalue weighted by molar-refractivity contribution is 5.95. The molecule has 4 unspecified atom stereocenters. The molecule has 4 atom stereocenters. The standard InChI is InChI=1S/C24H33N7O6/c1-13(2)20(31-21(33)16(25)10-19(26)32)23(35)29-17(9-15-11-27-12-28-15)22(34)30-18(24(36)37)8-14-6-4-3-5-7-14/h3-7,11-13,16-18,20H,8-10,25H2,1-2H3,(H2,26,32)(H,27,28)(H,29,35)(H,30,34)(H,31,33)(H,36,37). The third-order valence-electron chi connectivity index (χ3n) is 5.51. The highest BCUT2D eigenvalue weighted by atomic mass is 16.4. The van der Waals surface area contributed by atoms with Gasteiger partial charge in [-0.15, -0.1) is 0 Å². The number of carbonyl (C=O) groups excluding carboxylic acids is 4. The average molecular weight is 516 g/mol. The maximum absolute atomic E-state index is 13.2. The fourth-order valence-electron chi connectivity index (χ4n) is 3.51. The van der Waals surface area contributed by atoms with E-state index in [4.69, 9.17) is 11.5 Å². The summed E-state index contributed by atoms with van der Waals surface area (Å²) in [6, 6.07) is 4.01. The van der Waals surface area contributed by atoms with E-state index in [1.165, 1.54) is 12.5 Å². The molecule has 0 aliphatic rings. The number of nitrogens with zero attached hydrogens (tertiary/aromatic N) is 1. The molecule has 0 aliphatic carbocycles. The molecule has 0 saturated carbocycles. The third kappa shape index (κ3) is 9.37. The molecule has 1 aromatic carbocycles. The summed E-state index contributed by atoms with van der Waals surface area (Å²) in [6.45, 7) is 3.35. The molecule has 0 radical (unpaired) electrons. The number of aromatic nitrogens is 2. The maximum Gasteiger partial charge on any atom is 0.326 e. The molecule has 0 bridgehead atoms. The Morgan fingerprint density at radius 3 is 2.14 bits per heavy atom. The van der Waals surface area contributed by atoms with Crippen LogP contribution in [0.3, 0.4) is 0 Å². The number of hydrogen-bond donors (Lipinski definition) is 7. The maximum atomic E-state index is 13.2. The molecule has 13 heteroatoms. The minimum Gasteiger partial charge on any atom is -0.480 e. The molecule has 13 nitrogen and oxygen atoms in total. The van der Waals surface area contributed by atoms with E-state index in [2.05, 4.69) is 25.9 Å². The molecular weight excluding hydrogens is 482 g/mol. The van der Waals surface area contributed by atoms with Gasteiger partial charge in [-0.3, -0.25) is 19.2 Å². The van der Waals surface area contributed by atoms with Crippen LogP contribution in [-0.2, 0) is 36.8 Å². The molecule has 2 rings (SSSR count). The molecule has 0 saturated heterocycles. The van der Waals surface area contributed by atoms with Gasteiger partial charge >= 0.3 is 5.97 Å². The van der Waals surface area contributed by atoms with Crippen LogP contribution in [0, 0.1) is 5.92 Å². The number of H-pyrrole nitrogens is 1. The number of carboxylic acid groups (broad SMARTS) is 1. The molecule has 1 aromatic heterocycles. The summed E-state index contributed by atoms with van der Waals surface area (Å²) >= 11 is 0. The lowest BCUT2D eigenvalue weighted by atomic mass is 10.0. The first-order chi connectivity index (χ1) is 17.5. The Kier molecular flexibility index (Phi) is 10.8. The van der Waals surface area contributed by atoms with E-state index >= 15 is 0 Å². The van der Waals surface area contributed by atoms with E-state index in [1.54, 1.807) is 44.2 Å². The Bertz CT molecular complexity index is 1070. The van der Waals surface area contributed by atoms with E-state index in [9.17, 15) is 29.1 Å². The van der Waals surface area contributed by atoms with Crippen molar-refractivity contribution in [2.45, 2.75) is 57.3 Å². The van der Waals surface area contributed by atoms with Crippen LogP contribution < -0.4 is 27.4 Å². The largest absolute Gasteiger partial charge is 0.480 e. The van der Waals surface area contributed by atoms with Gasteiger partial charge in [-0.2, -0.15) is 0 Å². The molecule has 37 heavy (non-hydrogen) atoms. The first-order valence-electron chi connectivity index (χ1n) is 11.7. The minimum atomic E-state index is -1.25. The zero-order valence-electron chi connectivity index (χ0n) is 20.6. The molecule has 0 fully saturated rings. The number of primary amides is 1. The van der Waals surface area contributed by atoms with Gasteiger partial charge in [-0.1, -0.05) is 44.2 Å². The summed E-state index contributed by atoms with van der Waals surface area (Å²) in [6.07, 6.45) is 2.49. The second-order valence-corrected chi connectivity index (χ2v) is 8.94. The number of benzene rings is 1. The quantitative estimate of drug-likeness (QED) is 0.158. The van der Waals surface area contributed by atoms with Gasteiger partial charge in [0.1, 0.15) is 18.1 Å². The predicted octanol–water partition coefficient (Wildman–Crippen LogP) is -1.41. The number of carbonyl (C=O) groups is 5. The van der Waals surface area contributed by atoms with Gasteiger partial charge in [-0.25, -0.2) is 9.78 Å². The number of amides is 4. The molecule has 2 aromatic rings. The van der Waals surface area contributed by atoms with Crippen LogP contribution in [0.15, 0.2) is 42.9 Å². The van der Waals surface area contributed by atoms with Crippen molar-refractivity contribution in [3.8, 4) is 0 Å². The highest BCUT2D eigenvalue weighted by Crippen LogP contribution is 2.08. The molecule has 4 amide bonds. The Hall–Kier alpha value is -4.26. The lowest BCUT2D eigenvalue weighted by molar-refractivity contribution is -0.142. The number of nitrogens with one attached hydrogen (secondary N) is 4. The lowest BCUT2D eigenvalue weighted by Crippen LogP contribution is -2.59. The van der Waals surface area contributed by atoms with E-state index in [1.807, 2.05) is 0 Å². The third-order valence-corrected chi connectivity index (χ3v) is 5.51. The number of imidazole rings is 1. The van der Waals surface area contributed by atoms with Crippen molar-refractivity contribution in [2.24, 2.45) is 17.4 Å². The lowest BCUT2D eigenvalue weighted by Gasteiger charge is -2.26. The summed E-state index contributed by atoms with van der Waals surface area (Å²) in [5.74, 6) is -4.59. The molecule has 200 valence electrons. The smallest absolute Gasteiger partial charge is 0.326 e. The van der Waals surface area contributed by atoms with Crippen LogP contribution in [0.5, 0.6) is 0 Å². The fraction of sp³-hybridized carbons (Fsp3) is 0.417. The summed E-state index contributed by atoms with van der Waals surface area (Å²) in [5, 5.41) is 17.2. The Labute approximate surface area is 213 Å². The highest BCUT2D eigenvalue weighted by Gasteiger charge is 2.32. The second kappa shape index (κ2) is 13.7. The number of aliphatic carboxylic acids is 1. The Morgan fingerprint density at radius 1 is 0.946 bits per heavy atom. The van der Waals surface area contributed by atoms with Gasteiger partial charge in [0.2, 0.25) is 23.6 Å². The van der Waals surface area contributed by atoms with E-state index in [-0.39, 0.29) is 12.8 Å². The van der Waals surface area contributed by atoms with Gasteiger partial charge in [0, 0.05) is 24.7 Å². The van der Waals surface area contributed by atoms with Crippen molar-refractivity contribution in [1.82, 2.24) is 25.9 Å². The van der Waals surface area contributed by atoms with Crippen LogP contribution >= 0.6 is 0 Å². The van der Waals surface area contributed by atoms with Crippen LogP contribution in [0.1, 0.15) is 31.5 Å². The molecule has 1 heterocycles. The predicted molar refractivity (Wildman–Crippen MR) is 132 cm³/mol. The summed E-state index contributed by atoms with van der Waals surface area (Å²) < 4.78 is 0. The number of carboxylic acids is 1. The first-order valence-corrected chi connectivity index (χ1v) is 11.7. The van der Waals surface area contributed by atoms with Gasteiger partial charge in [0.25, 0.3) is 0 Å². The van der Waals surface area contributed by atoms with E-state index in [0.717, 1.165) is 0 Å². The molecule has 0 spiro atoms. The summed E-state index contributed by atoms with van der Waals surface area (Å²) in [4.78, 5) is 68.4. The first kappa shape index (κ1) is 29.0. The molecule has 0 aliphatic heterocycles. The molecular formula is C24H33N7O6. The van der Waals surface area contributed by atoms with Crippen molar-refractivity contribution < 1.29 is 29.1 Å².